The van der Waals surface area contributed by atoms with E-state index in [0.717, 1.165) is 25.7 Å². The molecule has 3 heteroatoms. The van der Waals surface area contributed by atoms with E-state index >= 15 is 0 Å². The fourth-order valence-corrected chi connectivity index (χ4v) is 5.38. The molecule has 0 spiro atoms. The highest BCUT2D eigenvalue weighted by Crippen LogP contribution is 2.62. The summed E-state index contributed by atoms with van der Waals surface area (Å²) in [5.74, 6) is 0.614. The lowest BCUT2D eigenvalue weighted by Gasteiger charge is -2.65. The molecule has 0 amide bonds. The Morgan fingerprint density at radius 3 is 2.06 bits per heavy atom. The molecular weight excluding hydrogens is 228 g/mol. The van der Waals surface area contributed by atoms with Gasteiger partial charge < -0.3 is 15.3 Å². The van der Waals surface area contributed by atoms with Gasteiger partial charge in [0.2, 0.25) is 0 Å². The van der Waals surface area contributed by atoms with Crippen LogP contribution in [0.15, 0.2) is 0 Å². The minimum absolute atomic E-state index is 0.296. The van der Waals surface area contributed by atoms with Crippen molar-refractivity contribution in [1.82, 2.24) is 0 Å². The van der Waals surface area contributed by atoms with Crippen LogP contribution in [0.1, 0.15) is 64.7 Å². The summed E-state index contributed by atoms with van der Waals surface area (Å²) in [6.45, 7) is 2.19. The molecule has 4 saturated carbocycles. The Bertz CT molecular complexity index is 323. The monoisotopic (exact) mass is 254 g/mol. The predicted molar refractivity (Wildman–Crippen MR) is 69.1 cm³/mol. The van der Waals surface area contributed by atoms with Gasteiger partial charge in [0.05, 0.1) is 16.8 Å². The number of hydrogen-bond acceptors (Lipinski definition) is 3. The maximum absolute atomic E-state index is 10.9. The fourth-order valence-electron chi connectivity index (χ4n) is 5.38. The lowest BCUT2D eigenvalue weighted by Crippen LogP contribution is -2.69. The molecule has 3 N–H and O–H groups in total. The van der Waals surface area contributed by atoms with Gasteiger partial charge in [-0.05, 0) is 31.1 Å². The van der Waals surface area contributed by atoms with E-state index in [4.69, 9.17) is 0 Å². The molecule has 0 aliphatic heterocycles. The van der Waals surface area contributed by atoms with Crippen LogP contribution >= 0.6 is 0 Å². The second-order valence-corrected chi connectivity index (χ2v) is 7.35. The van der Waals surface area contributed by atoms with Crippen molar-refractivity contribution in [1.29, 1.82) is 0 Å². The summed E-state index contributed by atoms with van der Waals surface area (Å²) in [6.07, 6.45) is 7.64. The van der Waals surface area contributed by atoms with Gasteiger partial charge in [0, 0.05) is 19.3 Å². The van der Waals surface area contributed by atoms with Crippen LogP contribution in [0.4, 0.5) is 0 Å². The largest absolute Gasteiger partial charge is 0.390 e. The van der Waals surface area contributed by atoms with Crippen molar-refractivity contribution in [2.75, 3.05) is 0 Å². The van der Waals surface area contributed by atoms with E-state index in [0.29, 0.717) is 31.1 Å². The van der Waals surface area contributed by atoms with E-state index in [9.17, 15) is 15.3 Å². The van der Waals surface area contributed by atoms with Gasteiger partial charge in [-0.25, -0.2) is 0 Å². The maximum atomic E-state index is 10.9. The first-order valence-corrected chi connectivity index (χ1v) is 7.55. The van der Waals surface area contributed by atoms with Gasteiger partial charge in [0.25, 0.3) is 0 Å². The first kappa shape index (κ1) is 12.9. The summed E-state index contributed by atoms with van der Waals surface area (Å²) in [6, 6.07) is 0. The molecule has 0 saturated heterocycles. The highest BCUT2D eigenvalue weighted by Gasteiger charge is 2.66. The van der Waals surface area contributed by atoms with Gasteiger partial charge in [-0.1, -0.05) is 26.2 Å². The molecule has 0 aromatic carbocycles. The number of unbranched alkanes of at least 4 members (excludes halogenated alkanes) is 2. The third kappa shape index (κ3) is 1.91. The zero-order chi connectivity index (χ0) is 13.0. The summed E-state index contributed by atoms with van der Waals surface area (Å²) in [5, 5.41) is 31.9. The molecule has 0 radical (unpaired) electrons. The fraction of sp³-hybridized carbons (Fsp3) is 1.00. The van der Waals surface area contributed by atoms with Crippen molar-refractivity contribution in [3.8, 4) is 0 Å². The molecule has 104 valence electrons. The van der Waals surface area contributed by atoms with Crippen LogP contribution in [0, 0.1) is 11.8 Å². The Morgan fingerprint density at radius 1 is 0.944 bits per heavy atom. The van der Waals surface area contributed by atoms with Crippen LogP contribution in [0.3, 0.4) is 0 Å². The van der Waals surface area contributed by atoms with Crippen molar-refractivity contribution < 1.29 is 15.3 Å². The highest BCUT2D eigenvalue weighted by molar-refractivity contribution is 5.18. The Balaban J connectivity index is 1.79. The molecule has 4 aliphatic rings. The third-order valence-corrected chi connectivity index (χ3v) is 5.59. The summed E-state index contributed by atoms with van der Waals surface area (Å²) in [4.78, 5) is 0. The van der Waals surface area contributed by atoms with Gasteiger partial charge >= 0.3 is 0 Å². The second kappa shape index (κ2) is 3.94. The molecule has 3 nitrogen and oxygen atoms in total. The molecule has 3 unspecified atom stereocenters. The molecule has 4 fully saturated rings. The quantitative estimate of drug-likeness (QED) is 0.672. The summed E-state index contributed by atoms with van der Waals surface area (Å²) in [7, 11) is 0. The van der Waals surface area contributed by atoms with Crippen LogP contribution < -0.4 is 0 Å². The van der Waals surface area contributed by atoms with Crippen LogP contribution in [0.25, 0.3) is 0 Å². The average Bonchev–Trinajstić information content (AvgIpc) is 2.17. The molecule has 3 atom stereocenters. The predicted octanol–water partition coefficient (Wildman–Crippen LogP) is 1.98. The zero-order valence-electron chi connectivity index (χ0n) is 11.4. The number of rotatable bonds is 4. The van der Waals surface area contributed by atoms with E-state index in [1.54, 1.807) is 0 Å². The topological polar surface area (TPSA) is 60.7 Å². The van der Waals surface area contributed by atoms with Crippen molar-refractivity contribution in [2.24, 2.45) is 11.8 Å². The Kier molecular flexibility index (Phi) is 2.82. The van der Waals surface area contributed by atoms with Gasteiger partial charge in [-0.2, -0.15) is 0 Å². The smallest absolute Gasteiger partial charge is 0.0733 e. The molecule has 4 bridgehead atoms. The van der Waals surface area contributed by atoms with Crippen molar-refractivity contribution in [3.05, 3.63) is 0 Å². The summed E-state index contributed by atoms with van der Waals surface area (Å²) < 4.78 is 0. The first-order chi connectivity index (χ1) is 8.38. The molecule has 4 rings (SSSR count). The van der Waals surface area contributed by atoms with Crippen LogP contribution in [-0.2, 0) is 0 Å². The Morgan fingerprint density at radius 2 is 1.56 bits per heavy atom. The molecule has 0 aromatic heterocycles. The van der Waals surface area contributed by atoms with Crippen molar-refractivity contribution in [3.63, 3.8) is 0 Å². The molecule has 18 heavy (non-hydrogen) atoms. The minimum atomic E-state index is -0.809. The lowest BCUT2D eigenvalue weighted by atomic mass is 9.46. The average molecular weight is 254 g/mol. The second-order valence-electron chi connectivity index (χ2n) is 7.35. The standard InChI is InChI=1S/C15H26O3/c1-2-3-4-5-12-11-6-13(16)8-14(17,7-11)10-15(12,18)9-13/h11-12,16-18H,2-10H2,1H3. The molecular formula is C15H26O3. The van der Waals surface area contributed by atoms with E-state index in [2.05, 4.69) is 6.92 Å². The van der Waals surface area contributed by atoms with Crippen LogP contribution in [-0.4, -0.2) is 32.1 Å². The third-order valence-electron chi connectivity index (χ3n) is 5.59. The van der Waals surface area contributed by atoms with Crippen molar-refractivity contribution in [2.45, 2.75) is 81.5 Å². The maximum Gasteiger partial charge on any atom is 0.0733 e. The van der Waals surface area contributed by atoms with Crippen molar-refractivity contribution >= 4 is 0 Å². The van der Waals surface area contributed by atoms with Gasteiger partial charge in [0.15, 0.2) is 0 Å². The summed E-state index contributed by atoms with van der Waals surface area (Å²) in [5.41, 5.74) is -2.41. The van der Waals surface area contributed by atoms with Gasteiger partial charge in [0.1, 0.15) is 0 Å². The lowest BCUT2D eigenvalue weighted by molar-refractivity contribution is -0.280. The SMILES string of the molecule is CCCCCC1C2CC3(O)CC(O)(C2)CC1(O)C3. The Hall–Kier alpha value is -0.120. The summed E-state index contributed by atoms with van der Waals surface area (Å²) >= 11 is 0. The molecule has 0 aromatic rings. The van der Waals surface area contributed by atoms with Crippen LogP contribution in [0.2, 0.25) is 0 Å². The molecule has 0 heterocycles. The van der Waals surface area contributed by atoms with E-state index in [-0.39, 0.29) is 0 Å². The Labute approximate surface area is 109 Å². The van der Waals surface area contributed by atoms with Gasteiger partial charge in [-0.3, -0.25) is 0 Å². The van der Waals surface area contributed by atoms with E-state index in [1.807, 2.05) is 0 Å². The minimum Gasteiger partial charge on any atom is -0.390 e. The van der Waals surface area contributed by atoms with E-state index in [1.165, 1.54) is 12.8 Å². The number of aliphatic hydroxyl groups is 3. The zero-order valence-corrected chi connectivity index (χ0v) is 11.4. The normalized spacial score (nSPS) is 54.0. The number of hydrogen-bond donors (Lipinski definition) is 3. The van der Waals surface area contributed by atoms with Gasteiger partial charge in [-0.15, -0.1) is 0 Å². The van der Waals surface area contributed by atoms with E-state index < -0.39 is 16.8 Å². The highest BCUT2D eigenvalue weighted by atomic mass is 16.3. The van der Waals surface area contributed by atoms with Crippen LogP contribution in [0.5, 0.6) is 0 Å². The molecule has 4 aliphatic carbocycles. The first-order valence-electron chi connectivity index (χ1n) is 7.55.